The average Bonchev–Trinajstić information content (AvgIpc) is 2.71. The van der Waals surface area contributed by atoms with Gasteiger partial charge < -0.3 is 5.32 Å². The second-order valence-corrected chi connectivity index (χ2v) is 5.00. The van der Waals surface area contributed by atoms with Crippen molar-refractivity contribution in [2.45, 2.75) is 19.0 Å². The molecule has 0 aliphatic rings. The number of aromatic amines is 1. The second-order valence-electron chi connectivity index (χ2n) is 3.82. The number of rotatable bonds is 3. The molecule has 0 atom stereocenters. The Morgan fingerprint density at radius 1 is 1.47 bits per heavy atom. The lowest BCUT2D eigenvalue weighted by Crippen LogP contribution is -2.16. The molecule has 8 heteroatoms. The van der Waals surface area contributed by atoms with Gasteiger partial charge in [-0.05, 0) is 20.1 Å². The van der Waals surface area contributed by atoms with Gasteiger partial charge in [0, 0.05) is 0 Å². The number of halogens is 1. The third-order valence-electron chi connectivity index (χ3n) is 2.49. The predicted molar refractivity (Wildman–Crippen MR) is 74.8 cm³/mol. The van der Waals surface area contributed by atoms with E-state index in [4.69, 9.17) is 11.6 Å². The normalized spacial score (nSPS) is 10.5. The molecule has 100 valence electrons. The first-order valence-corrected chi connectivity index (χ1v) is 7.02. The monoisotopic (exact) mass is 297 g/mol. The van der Waals surface area contributed by atoms with E-state index in [1.807, 2.05) is 13.2 Å². The maximum atomic E-state index is 12.2. The molecule has 0 saturated heterocycles. The lowest BCUT2D eigenvalue weighted by molar-refractivity contribution is 0.102. The van der Waals surface area contributed by atoms with Gasteiger partial charge in [-0.3, -0.25) is 9.89 Å². The highest BCUT2D eigenvalue weighted by Crippen LogP contribution is 2.20. The van der Waals surface area contributed by atoms with E-state index in [0.29, 0.717) is 16.5 Å². The molecule has 2 rings (SSSR count). The van der Waals surface area contributed by atoms with Gasteiger partial charge in [0.05, 0.1) is 28.3 Å². The summed E-state index contributed by atoms with van der Waals surface area (Å²) >= 11 is 7.29. The highest BCUT2D eigenvalue weighted by Gasteiger charge is 2.17. The summed E-state index contributed by atoms with van der Waals surface area (Å²) in [6.45, 7) is 3.62. The lowest BCUT2D eigenvalue weighted by atomic mass is 10.3. The third kappa shape index (κ3) is 2.87. The van der Waals surface area contributed by atoms with Crippen LogP contribution in [0.15, 0.2) is 11.4 Å². The first kappa shape index (κ1) is 13.8. The SMILES string of the molecule is CSc1ncc(Cl)c(C(=O)Nc2c(C)n[nH]c2C)n1. The van der Waals surface area contributed by atoms with Crippen molar-refractivity contribution in [1.29, 1.82) is 0 Å². The molecule has 0 fully saturated rings. The highest BCUT2D eigenvalue weighted by atomic mass is 35.5. The molecule has 6 nitrogen and oxygen atoms in total. The van der Waals surface area contributed by atoms with Crippen LogP contribution in [-0.4, -0.2) is 32.3 Å². The lowest BCUT2D eigenvalue weighted by Gasteiger charge is -2.06. The van der Waals surface area contributed by atoms with Crippen LogP contribution in [0.3, 0.4) is 0 Å². The largest absolute Gasteiger partial charge is 0.317 e. The first-order chi connectivity index (χ1) is 9.02. The Labute approximate surface area is 119 Å². The van der Waals surface area contributed by atoms with Gasteiger partial charge in [0.15, 0.2) is 10.9 Å². The standard InChI is InChI=1S/C11H12ClN5OS/c1-5-8(6(2)17-16-5)14-10(18)9-7(12)4-13-11(15-9)19-3/h4H,1-3H3,(H,14,18)(H,16,17). The summed E-state index contributed by atoms with van der Waals surface area (Å²) in [5, 5.41) is 10.3. The van der Waals surface area contributed by atoms with Crippen LogP contribution < -0.4 is 5.32 Å². The van der Waals surface area contributed by atoms with Crippen LogP contribution in [0.25, 0.3) is 0 Å². The zero-order chi connectivity index (χ0) is 14.0. The van der Waals surface area contributed by atoms with Gasteiger partial charge in [0.2, 0.25) is 0 Å². The molecule has 2 aromatic heterocycles. The number of aryl methyl sites for hydroxylation is 2. The van der Waals surface area contributed by atoms with E-state index in [2.05, 4.69) is 25.5 Å². The number of carbonyl (C=O) groups excluding carboxylic acids is 1. The van der Waals surface area contributed by atoms with Crippen LogP contribution in [-0.2, 0) is 0 Å². The molecule has 0 unspecified atom stereocenters. The number of H-pyrrole nitrogens is 1. The van der Waals surface area contributed by atoms with E-state index in [0.717, 1.165) is 5.69 Å². The topological polar surface area (TPSA) is 83.6 Å². The number of carbonyl (C=O) groups is 1. The van der Waals surface area contributed by atoms with Crippen molar-refractivity contribution in [2.24, 2.45) is 0 Å². The van der Waals surface area contributed by atoms with Crippen LogP contribution in [0.4, 0.5) is 5.69 Å². The summed E-state index contributed by atoms with van der Waals surface area (Å²) in [6.07, 6.45) is 3.25. The van der Waals surface area contributed by atoms with Gasteiger partial charge >= 0.3 is 0 Å². The predicted octanol–water partition coefficient (Wildman–Crippen LogP) is 2.44. The van der Waals surface area contributed by atoms with Crippen molar-refractivity contribution >= 4 is 35.0 Å². The number of hydrogen-bond donors (Lipinski definition) is 2. The van der Waals surface area contributed by atoms with E-state index < -0.39 is 0 Å². The maximum Gasteiger partial charge on any atom is 0.276 e. The van der Waals surface area contributed by atoms with E-state index >= 15 is 0 Å². The molecule has 19 heavy (non-hydrogen) atoms. The summed E-state index contributed by atoms with van der Waals surface area (Å²) in [5.74, 6) is -0.379. The summed E-state index contributed by atoms with van der Waals surface area (Å²) in [5.41, 5.74) is 2.29. The molecule has 0 spiro atoms. The summed E-state index contributed by atoms with van der Waals surface area (Å²) in [7, 11) is 0. The molecular weight excluding hydrogens is 286 g/mol. The quantitative estimate of drug-likeness (QED) is 0.671. The molecule has 0 saturated carbocycles. The van der Waals surface area contributed by atoms with Crippen molar-refractivity contribution in [2.75, 3.05) is 11.6 Å². The Kier molecular flexibility index (Phi) is 4.06. The van der Waals surface area contributed by atoms with Crippen molar-refractivity contribution in [3.05, 3.63) is 28.3 Å². The minimum absolute atomic E-state index is 0.154. The third-order valence-corrected chi connectivity index (χ3v) is 3.32. The van der Waals surface area contributed by atoms with Crippen LogP contribution >= 0.6 is 23.4 Å². The summed E-state index contributed by atoms with van der Waals surface area (Å²) in [4.78, 5) is 20.3. The van der Waals surface area contributed by atoms with Crippen molar-refractivity contribution in [1.82, 2.24) is 20.2 Å². The molecule has 0 radical (unpaired) electrons. The molecule has 1 amide bonds. The Morgan fingerprint density at radius 2 is 2.21 bits per heavy atom. The van der Waals surface area contributed by atoms with Crippen LogP contribution in [0, 0.1) is 13.8 Å². The average molecular weight is 298 g/mol. The number of amides is 1. The number of nitrogens with zero attached hydrogens (tertiary/aromatic N) is 3. The Morgan fingerprint density at radius 3 is 2.79 bits per heavy atom. The molecule has 2 aromatic rings. The number of aromatic nitrogens is 4. The number of nitrogens with one attached hydrogen (secondary N) is 2. The van der Waals surface area contributed by atoms with Crippen LogP contribution in [0.2, 0.25) is 5.02 Å². The van der Waals surface area contributed by atoms with Crippen molar-refractivity contribution in [3.8, 4) is 0 Å². The Bertz CT molecular complexity index is 608. The van der Waals surface area contributed by atoms with Gasteiger partial charge in [-0.15, -0.1) is 0 Å². The molecule has 0 aromatic carbocycles. The van der Waals surface area contributed by atoms with Gasteiger partial charge in [-0.25, -0.2) is 9.97 Å². The zero-order valence-electron chi connectivity index (χ0n) is 10.6. The smallest absolute Gasteiger partial charge is 0.276 e. The number of anilines is 1. The molecule has 0 aliphatic heterocycles. The van der Waals surface area contributed by atoms with Crippen LogP contribution in [0.5, 0.6) is 0 Å². The van der Waals surface area contributed by atoms with Crippen LogP contribution in [0.1, 0.15) is 21.9 Å². The maximum absolute atomic E-state index is 12.2. The zero-order valence-corrected chi connectivity index (χ0v) is 12.2. The van der Waals surface area contributed by atoms with E-state index in [1.54, 1.807) is 6.92 Å². The summed E-state index contributed by atoms with van der Waals surface area (Å²) in [6, 6.07) is 0. The van der Waals surface area contributed by atoms with Gasteiger partial charge in [-0.1, -0.05) is 23.4 Å². The second kappa shape index (κ2) is 5.58. The fourth-order valence-electron chi connectivity index (χ4n) is 1.52. The van der Waals surface area contributed by atoms with Gasteiger partial charge in [0.1, 0.15) is 0 Å². The molecule has 2 N–H and O–H groups in total. The first-order valence-electron chi connectivity index (χ1n) is 5.42. The molecule has 0 bridgehead atoms. The van der Waals surface area contributed by atoms with Gasteiger partial charge in [0.25, 0.3) is 5.91 Å². The molecular formula is C11H12ClN5OS. The van der Waals surface area contributed by atoms with E-state index in [1.165, 1.54) is 18.0 Å². The van der Waals surface area contributed by atoms with Crippen molar-refractivity contribution in [3.63, 3.8) is 0 Å². The summed E-state index contributed by atoms with van der Waals surface area (Å²) < 4.78 is 0. The fraction of sp³-hybridized carbons (Fsp3) is 0.273. The Hall–Kier alpha value is -1.60. The minimum atomic E-state index is -0.379. The molecule has 2 heterocycles. The van der Waals surface area contributed by atoms with E-state index in [9.17, 15) is 4.79 Å². The molecule has 0 aliphatic carbocycles. The fourth-order valence-corrected chi connectivity index (χ4v) is 2.03. The minimum Gasteiger partial charge on any atom is -0.317 e. The van der Waals surface area contributed by atoms with E-state index in [-0.39, 0.29) is 16.6 Å². The Balaban J connectivity index is 2.30. The highest BCUT2D eigenvalue weighted by molar-refractivity contribution is 7.98. The van der Waals surface area contributed by atoms with Crippen molar-refractivity contribution < 1.29 is 4.79 Å². The number of thioether (sulfide) groups is 1. The number of hydrogen-bond acceptors (Lipinski definition) is 5. The van der Waals surface area contributed by atoms with Gasteiger partial charge in [-0.2, -0.15) is 5.10 Å².